The van der Waals surface area contributed by atoms with Crippen molar-refractivity contribution < 1.29 is 9.72 Å². The van der Waals surface area contributed by atoms with Crippen molar-refractivity contribution in [2.45, 2.75) is 0 Å². The maximum atomic E-state index is 12.0. The van der Waals surface area contributed by atoms with Crippen LogP contribution in [0.2, 0.25) is 5.02 Å². The van der Waals surface area contributed by atoms with Crippen molar-refractivity contribution in [2.75, 3.05) is 20.1 Å². The number of benzene rings is 1. The number of carbonyl (C=O) groups excluding carboxylic acids is 1. The summed E-state index contributed by atoms with van der Waals surface area (Å²) < 4.78 is 0. The van der Waals surface area contributed by atoms with Crippen molar-refractivity contribution in [3.8, 4) is 0 Å². The van der Waals surface area contributed by atoms with Crippen LogP contribution in [0.5, 0.6) is 0 Å². The largest absolute Gasteiger partial charge is 0.340 e. The van der Waals surface area contributed by atoms with Crippen LogP contribution in [-0.2, 0) is 0 Å². The first-order valence-electron chi connectivity index (χ1n) is 4.87. The molecule has 0 aliphatic heterocycles. The fraction of sp³-hybridized carbons (Fsp3) is 0.300. The van der Waals surface area contributed by atoms with E-state index in [9.17, 15) is 14.9 Å². The molecular weight excluding hydrogens is 246 g/mol. The summed E-state index contributed by atoms with van der Waals surface area (Å²) in [6, 6.07) is 4.12. The minimum Gasteiger partial charge on any atom is -0.340 e. The molecule has 0 atom stereocenters. The van der Waals surface area contributed by atoms with E-state index < -0.39 is 10.8 Å². The molecule has 92 valence electrons. The van der Waals surface area contributed by atoms with Gasteiger partial charge in [-0.25, -0.2) is 0 Å². The Bertz CT molecular complexity index is 450. The predicted molar refractivity (Wildman–Crippen MR) is 64.1 cm³/mol. The van der Waals surface area contributed by atoms with Crippen molar-refractivity contribution in [1.29, 1.82) is 0 Å². The molecule has 0 saturated heterocycles. The van der Waals surface area contributed by atoms with Gasteiger partial charge in [0, 0.05) is 26.2 Å². The van der Waals surface area contributed by atoms with E-state index in [1.165, 1.54) is 30.1 Å². The molecule has 1 aromatic rings. The Labute approximate surface area is 103 Å². The van der Waals surface area contributed by atoms with Crippen LogP contribution in [-0.4, -0.2) is 35.9 Å². The van der Waals surface area contributed by atoms with Crippen LogP contribution in [0.25, 0.3) is 0 Å². The Kier molecular flexibility index (Phi) is 4.42. The molecule has 0 fully saturated rings. The molecule has 7 heteroatoms. The number of likely N-dealkylation sites (N-methyl/N-ethyl adjacent to an activating group) is 1. The number of rotatable bonds is 4. The Balaban J connectivity index is 3.20. The minimum atomic E-state index is -0.630. The van der Waals surface area contributed by atoms with Crippen LogP contribution in [0, 0.1) is 10.1 Å². The third-order valence-electron chi connectivity index (χ3n) is 2.21. The molecule has 0 heterocycles. The van der Waals surface area contributed by atoms with Gasteiger partial charge in [-0.05, 0) is 6.07 Å². The lowest BCUT2D eigenvalue weighted by Gasteiger charge is -2.16. The van der Waals surface area contributed by atoms with E-state index in [1.807, 2.05) is 0 Å². The molecule has 0 unspecified atom stereocenters. The Morgan fingerprint density at radius 1 is 1.59 bits per heavy atom. The summed E-state index contributed by atoms with van der Waals surface area (Å²) >= 11 is 5.83. The second-order valence-electron chi connectivity index (χ2n) is 3.41. The minimum absolute atomic E-state index is 0.0630. The second-order valence-corrected chi connectivity index (χ2v) is 3.81. The lowest BCUT2D eigenvalue weighted by atomic mass is 10.1. The van der Waals surface area contributed by atoms with E-state index >= 15 is 0 Å². The highest BCUT2D eigenvalue weighted by Crippen LogP contribution is 2.27. The van der Waals surface area contributed by atoms with Crippen LogP contribution >= 0.6 is 11.6 Å². The van der Waals surface area contributed by atoms with E-state index in [4.69, 9.17) is 17.3 Å². The van der Waals surface area contributed by atoms with E-state index in [2.05, 4.69) is 0 Å². The molecule has 17 heavy (non-hydrogen) atoms. The summed E-state index contributed by atoms with van der Waals surface area (Å²) in [6.07, 6.45) is 0. The van der Waals surface area contributed by atoms with Crippen molar-refractivity contribution in [3.63, 3.8) is 0 Å². The highest BCUT2D eigenvalue weighted by atomic mass is 35.5. The summed E-state index contributed by atoms with van der Waals surface area (Å²) in [5, 5.41) is 10.9. The summed E-state index contributed by atoms with van der Waals surface area (Å²) in [5.41, 5.74) is 4.92. The first-order valence-corrected chi connectivity index (χ1v) is 5.25. The van der Waals surface area contributed by atoms with E-state index in [0.29, 0.717) is 6.54 Å². The maximum Gasteiger partial charge on any atom is 0.283 e. The van der Waals surface area contributed by atoms with Crippen LogP contribution in [0.4, 0.5) is 5.69 Å². The maximum absolute atomic E-state index is 12.0. The van der Waals surface area contributed by atoms with Gasteiger partial charge in [0.25, 0.3) is 11.6 Å². The van der Waals surface area contributed by atoms with Gasteiger partial charge in [0.05, 0.1) is 9.95 Å². The summed E-state index contributed by atoms with van der Waals surface area (Å²) in [5.74, 6) is -0.507. The van der Waals surface area contributed by atoms with Gasteiger partial charge in [-0.1, -0.05) is 17.7 Å². The number of amides is 1. The molecule has 0 radical (unpaired) electrons. The van der Waals surface area contributed by atoms with Gasteiger partial charge >= 0.3 is 0 Å². The fourth-order valence-electron chi connectivity index (χ4n) is 1.36. The van der Waals surface area contributed by atoms with E-state index in [-0.39, 0.29) is 22.8 Å². The molecule has 0 aliphatic carbocycles. The standard InChI is InChI=1S/C10H12ClN3O3/c1-13(6-5-12)10(15)9-7(11)3-2-4-8(9)14(16)17/h2-4H,5-6,12H2,1H3. The number of nitro benzene ring substituents is 1. The van der Waals surface area contributed by atoms with Crippen molar-refractivity contribution in [3.05, 3.63) is 38.9 Å². The molecular formula is C10H12ClN3O3. The van der Waals surface area contributed by atoms with Crippen LogP contribution in [0.1, 0.15) is 10.4 Å². The summed E-state index contributed by atoms with van der Waals surface area (Å²) in [7, 11) is 1.52. The van der Waals surface area contributed by atoms with Crippen molar-refractivity contribution in [2.24, 2.45) is 5.73 Å². The molecule has 0 spiro atoms. The molecule has 0 aliphatic rings. The first-order chi connectivity index (χ1) is 7.99. The zero-order chi connectivity index (χ0) is 13.0. The topological polar surface area (TPSA) is 89.5 Å². The number of nitro groups is 1. The number of nitrogens with zero attached hydrogens (tertiary/aromatic N) is 2. The molecule has 6 nitrogen and oxygen atoms in total. The lowest BCUT2D eigenvalue weighted by Crippen LogP contribution is -2.32. The Morgan fingerprint density at radius 3 is 2.76 bits per heavy atom. The summed E-state index contributed by atoms with van der Waals surface area (Å²) in [6.45, 7) is 0.585. The highest BCUT2D eigenvalue weighted by Gasteiger charge is 2.25. The SMILES string of the molecule is CN(CCN)C(=O)c1c(Cl)cccc1[N+](=O)[O-]. The third kappa shape index (κ3) is 2.92. The zero-order valence-electron chi connectivity index (χ0n) is 9.22. The number of nitrogens with two attached hydrogens (primary N) is 1. The molecule has 0 bridgehead atoms. The fourth-order valence-corrected chi connectivity index (χ4v) is 1.61. The van der Waals surface area contributed by atoms with Crippen LogP contribution < -0.4 is 5.73 Å². The monoisotopic (exact) mass is 257 g/mol. The average molecular weight is 258 g/mol. The second kappa shape index (κ2) is 5.60. The van der Waals surface area contributed by atoms with E-state index in [0.717, 1.165) is 0 Å². The van der Waals surface area contributed by atoms with Gasteiger partial charge in [-0.3, -0.25) is 14.9 Å². The normalized spacial score (nSPS) is 10.1. The molecule has 0 aromatic heterocycles. The number of hydrogen-bond donors (Lipinski definition) is 1. The van der Waals surface area contributed by atoms with Gasteiger partial charge in [0.2, 0.25) is 0 Å². The smallest absolute Gasteiger partial charge is 0.283 e. The molecule has 1 aromatic carbocycles. The van der Waals surface area contributed by atoms with Gasteiger partial charge in [-0.2, -0.15) is 0 Å². The molecule has 1 amide bonds. The Morgan fingerprint density at radius 2 is 2.24 bits per heavy atom. The van der Waals surface area contributed by atoms with E-state index in [1.54, 1.807) is 0 Å². The number of hydrogen-bond acceptors (Lipinski definition) is 4. The predicted octanol–water partition coefficient (Wildman–Crippen LogP) is 1.28. The highest BCUT2D eigenvalue weighted by molar-refractivity contribution is 6.34. The van der Waals surface area contributed by atoms with Crippen LogP contribution in [0.3, 0.4) is 0 Å². The van der Waals surface area contributed by atoms with Gasteiger partial charge in [0.15, 0.2) is 0 Å². The number of halogens is 1. The molecule has 0 saturated carbocycles. The first kappa shape index (κ1) is 13.4. The zero-order valence-corrected chi connectivity index (χ0v) is 9.98. The molecule has 2 N–H and O–H groups in total. The molecule has 1 rings (SSSR count). The van der Waals surface area contributed by atoms with Crippen molar-refractivity contribution in [1.82, 2.24) is 4.90 Å². The van der Waals surface area contributed by atoms with Gasteiger partial charge in [0.1, 0.15) is 5.56 Å². The van der Waals surface area contributed by atoms with Gasteiger partial charge < -0.3 is 10.6 Å². The summed E-state index contributed by atoms with van der Waals surface area (Å²) in [4.78, 5) is 23.4. The lowest BCUT2D eigenvalue weighted by molar-refractivity contribution is -0.385. The van der Waals surface area contributed by atoms with Crippen LogP contribution in [0.15, 0.2) is 18.2 Å². The average Bonchev–Trinajstić information content (AvgIpc) is 2.28. The third-order valence-corrected chi connectivity index (χ3v) is 2.53. The van der Waals surface area contributed by atoms with Crippen molar-refractivity contribution >= 4 is 23.2 Å². The van der Waals surface area contributed by atoms with Gasteiger partial charge in [-0.15, -0.1) is 0 Å². The quantitative estimate of drug-likeness (QED) is 0.650. The number of carbonyl (C=O) groups is 1. The Hall–Kier alpha value is -1.66.